The van der Waals surface area contributed by atoms with Crippen molar-refractivity contribution in [3.05, 3.63) is 40.3 Å². The quantitative estimate of drug-likeness (QED) is 0.758. The fourth-order valence-corrected chi connectivity index (χ4v) is 1.79. The molecule has 0 aliphatic rings. The zero-order valence-corrected chi connectivity index (χ0v) is 8.18. The third-order valence-electron chi connectivity index (χ3n) is 1.44. The standard InChI is InChI=1S/C9H6ClNOS/c10-8-5-13-6-9(8)12-7-2-1-3-11-4-7/h1-6H. The minimum absolute atomic E-state index is 0.633. The number of aromatic nitrogens is 1. The first-order chi connectivity index (χ1) is 6.36. The molecule has 2 nitrogen and oxygen atoms in total. The van der Waals surface area contributed by atoms with E-state index in [1.807, 2.05) is 22.9 Å². The Bertz CT molecular complexity index is 388. The molecule has 13 heavy (non-hydrogen) atoms. The average Bonchev–Trinajstić information content (AvgIpc) is 2.54. The van der Waals surface area contributed by atoms with Gasteiger partial charge >= 0.3 is 0 Å². The fraction of sp³-hybridized carbons (Fsp3) is 0. The molecule has 0 unspecified atom stereocenters. The van der Waals surface area contributed by atoms with Crippen molar-refractivity contribution in [2.24, 2.45) is 0 Å². The van der Waals surface area contributed by atoms with Gasteiger partial charge in [-0.2, -0.15) is 0 Å². The lowest BCUT2D eigenvalue weighted by atomic mass is 10.4. The SMILES string of the molecule is Clc1cscc1Oc1cccnc1. The Balaban J connectivity index is 2.20. The lowest BCUT2D eigenvalue weighted by Gasteiger charge is -2.01. The minimum atomic E-state index is 0.633. The molecule has 66 valence electrons. The van der Waals surface area contributed by atoms with Crippen molar-refractivity contribution in [3.63, 3.8) is 0 Å². The van der Waals surface area contributed by atoms with Gasteiger partial charge in [0.25, 0.3) is 0 Å². The maximum absolute atomic E-state index is 5.85. The Kier molecular flexibility index (Phi) is 2.47. The van der Waals surface area contributed by atoms with Crippen LogP contribution in [0.4, 0.5) is 0 Å². The van der Waals surface area contributed by atoms with Gasteiger partial charge in [-0.15, -0.1) is 11.3 Å². The molecule has 0 amide bonds. The third-order valence-corrected chi connectivity index (χ3v) is 2.59. The fourth-order valence-electron chi connectivity index (χ4n) is 0.877. The second-order valence-corrected chi connectivity index (χ2v) is 3.53. The Morgan fingerprint density at radius 2 is 2.31 bits per heavy atom. The molecule has 0 radical (unpaired) electrons. The van der Waals surface area contributed by atoms with Gasteiger partial charge < -0.3 is 4.74 Å². The van der Waals surface area contributed by atoms with E-state index in [0.29, 0.717) is 16.5 Å². The Hall–Kier alpha value is -1.06. The van der Waals surface area contributed by atoms with E-state index in [-0.39, 0.29) is 0 Å². The Labute approximate surface area is 84.8 Å². The number of ether oxygens (including phenoxy) is 1. The molecule has 0 aliphatic heterocycles. The summed E-state index contributed by atoms with van der Waals surface area (Å²) in [6, 6.07) is 3.65. The summed E-state index contributed by atoms with van der Waals surface area (Å²) in [6.45, 7) is 0. The van der Waals surface area contributed by atoms with E-state index in [2.05, 4.69) is 4.98 Å². The third kappa shape index (κ3) is 1.99. The maximum Gasteiger partial charge on any atom is 0.156 e. The molecule has 0 fully saturated rings. The summed E-state index contributed by atoms with van der Waals surface area (Å²) >= 11 is 7.36. The summed E-state index contributed by atoms with van der Waals surface area (Å²) in [5, 5.41) is 4.32. The normalized spacial score (nSPS) is 9.92. The van der Waals surface area contributed by atoms with Crippen molar-refractivity contribution in [1.82, 2.24) is 4.98 Å². The average molecular weight is 212 g/mol. The zero-order valence-electron chi connectivity index (χ0n) is 6.61. The molecule has 0 N–H and O–H groups in total. The minimum Gasteiger partial charge on any atom is -0.453 e. The van der Waals surface area contributed by atoms with E-state index >= 15 is 0 Å². The topological polar surface area (TPSA) is 22.1 Å². The van der Waals surface area contributed by atoms with Crippen molar-refractivity contribution in [1.29, 1.82) is 0 Å². The van der Waals surface area contributed by atoms with Crippen LogP contribution in [-0.2, 0) is 0 Å². The van der Waals surface area contributed by atoms with E-state index in [0.717, 1.165) is 0 Å². The van der Waals surface area contributed by atoms with E-state index in [4.69, 9.17) is 16.3 Å². The number of rotatable bonds is 2. The first kappa shape index (κ1) is 8.53. The first-order valence-electron chi connectivity index (χ1n) is 3.66. The molecule has 0 bridgehead atoms. The number of thiophene rings is 1. The maximum atomic E-state index is 5.85. The Morgan fingerprint density at radius 1 is 1.38 bits per heavy atom. The molecular formula is C9H6ClNOS. The van der Waals surface area contributed by atoms with Crippen LogP contribution in [0.3, 0.4) is 0 Å². The molecule has 0 atom stereocenters. The molecule has 2 aromatic rings. The van der Waals surface area contributed by atoms with Crippen molar-refractivity contribution in [3.8, 4) is 11.5 Å². The number of hydrogen-bond donors (Lipinski definition) is 0. The van der Waals surface area contributed by atoms with Gasteiger partial charge in [0.05, 0.1) is 11.2 Å². The van der Waals surface area contributed by atoms with Crippen LogP contribution in [-0.4, -0.2) is 4.98 Å². The van der Waals surface area contributed by atoms with Gasteiger partial charge in [-0.05, 0) is 12.1 Å². The van der Waals surface area contributed by atoms with E-state index < -0.39 is 0 Å². The van der Waals surface area contributed by atoms with Crippen LogP contribution >= 0.6 is 22.9 Å². The molecule has 2 rings (SSSR count). The molecule has 0 saturated carbocycles. The summed E-state index contributed by atoms with van der Waals surface area (Å²) < 4.78 is 5.47. The van der Waals surface area contributed by atoms with Crippen LogP contribution in [0.2, 0.25) is 5.02 Å². The van der Waals surface area contributed by atoms with E-state index in [1.54, 1.807) is 12.4 Å². The molecule has 0 saturated heterocycles. The summed E-state index contributed by atoms with van der Waals surface area (Å²) in [6.07, 6.45) is 3.34. The molecule has 0 spiro atoms. The van der Waals surface area contributed by atoms with Crippen molar-refractivity contribution in [2.45, 2.75) is 0 Å². The molecule has 0 aliphatic carbocycles. The monoisotopic (exact) mass is 211 g/mol. The molecule has 2 aromatic heterocycles. The van der Waals surface area contributed by atoms with Crippen molar-refractivity contribution in [2.75, 3.05) is 0 Å². The Morgan fingerprint density at radius 3 is 2.92 bits per heavy atom. The molecule has 2 heterocycles. The van der Waals surface area contributed by atoms with Gasteiger partial charge in [0.1, 0.15) is 5.75 Å². The second kappa shape index (κ2) is 3.77. The number of nitrogens with zero attached hydrogens (tertiary/aromatic N) is 1. The van der Waals surface area contributed by atoms with Crippen LogP contribution in [0.15, 0.2) is 35.3 Å². The highest BCUT2D eigenvalue weighted by Gasteiger charge is 2.02. The molecule has 4 heteroatoms. The lowest BCUT2D eigenvalue weighted by Crippen LogP contribution is -1.82. The largest absolute Gasteiger partial charge is 0.453 e. The summed E-state index contributed by atoms with van der Waals surface area (Å²) in [5.41, 5.74) is 0. The van der Waals surface area contributed by atoms with Gasteiger partial charge in [0.15, 0.2) is 5.75 Å². The molecular weight excluding hydrogens is 206 g/mol. The van der Waals surface area contributed by atoms with Crippen LogP contribution in [0.25, 0.3) is 0 Å². The van der Waals surface area contributed by atoms with Gasteiger partial charge in [0.2, 0.25) is 0 Å². The number of halogens is 1. The van der Waals surface area contributed by atoms with Crippen LogP contribution in [0, 0.1) is 0 Å². The lowest BCUT2D eigenvalue weighted by molar-refractivity contribution is 0.483. The highest BCUT2D eigenvalue weighted by molar-refractivity contribution is 7.08. The highest BCUT2D eigenvalue weighted by atomic mass is 35.5. The first-order valence-corrected chi connectivity index (χ1v) is 4.98. The van der Waals surface area contributed by atoms with Crippen molar-refractivity contribution < 1.29 is 4.74 Å². The van der Waals surface area contributed by atoms with Crippen molar-refractivity contribution >= 4 is 22.9 Å². The summed E-state index contributed by atoms with van der Waals surface area (Å²) in [7, 11) is 0. The van der Waals surface area contributed by atoms with Crippen LogP contribution < -0.4 is 4.74 Å². The smallest absolute Gasteiger partial charge is 0.156 e. The van der Waals surface area contributed by atoms with E-state index in [1.165, 1.54) is 11.3 Å². The molecule has 0 aromatic carbocycles. The zero-order chi connectivity index (χ0) is 9.10. The van der Waals surface area contributed by atoms with Gasteiger partial charge in [-0.1, -0.05) is 11.6 Å². The second-order valence-electron chi connectivity index (χ2n) is 2.37. The van der Waals surface area contributed by atoms with Gasteiger partial charge in [-0.3, -0.25) is 4.98 Å². The van der Waals surface area contributed by atoms with Crippen LogP contribution in [0.1, 0.15) is 0 Å². The summed E-state index contributed by atoms with van der Waals surface area (Å²) in [5.74, 6) is 1.38. The van der Waals surface area contributed by atoms with E-state index in [9.17, 15) is 0 Å². The van der Waals surface area contributed by atoms with Gasteiger partial charge in [-0.25, -0.2) is 0 Å². The predicted molar refractivity (Wildman–Crippen MR) is 53.6 cm³/mol. The van der Waals surface area contributed by atoms with Gasteiger partial charge in [0, 0.05) is 17.0 Å². The number of hydrogen-bond acceptors (Lipinski definition) is 3. The summed E-state index contributed by atoms with van der Waals surface area (Å²) in [4.78, 5) is 3.93. The number of pyridine rings is 1. The highest BCUT2D eigenvalue weighted by Crippen LogP contribution is 2.31. The van der Waals surface area contributed by atoms with Crippen LogP contribution in [0.5, 0.6) is 11.5 Å². The predicted octanol–water partition coefficient (Wildman–Crippen LogP) is 3.59.